The Morgan fingerprint density at radius 3 is 2.75 bits per heavy atom. The van der Waals surface area contributed by atoms with Gasteiger partial charge in [0.05, 0.1) is 23.6 Å². The van der Waals surface area contributed by atoms with Gasteiger partial charge in [-0.05, 0) is 30.1 Å². The van der Waals surface area contributed by atoms with Crippen LogP contribution < -0.4 is 5.32 Å². The highest BCUT2D eigenvalue weighted by Crippen LogP contribution is 2.26. The van der Waals surface area contributed by atoms with Crippen molar-refractivity contribution in [3.05, 3.63) is 64.6 Å². The van der Waals surface area contributed by atoms with Crippen molar-refractivity contribution in [3.63, 3.8) is 0 Å². The van der Waals surface area contributed by atoms with Crippen LogP contribution in [0.1, 0.15) is 23.5 Å². The summed E-state index contributed by atoms with van der Waals surface area (Å²) in [6.07, 6.45) is 1.83. The van der Waals surface area contributed by atoms with Crippen LogP contribution in [0.5, 0.6) is 0 Å². The molecule has 0 aliphatic carbocycles. The molecule has 0 amide bonds. The number of hydrogen-bond acceptors (Lipinski definition) is 4. The van der Waals surface area contributed by atoms with E-state index in [1.54, 1.807) is 11.3 Å². The topological polar surface area (TPSA) is 42.7 Å². The van der Waals surface area contributed by atoms with Crippen LogP contribution in [0.2, 0.25) is 0 Å². The van der Waals surface area contributed by atoms with E-state index in [-0.39, 0.29) is 6.04 Å². The monoisotopic (exact) mass is 284 g/mol. The summed E-state index contributed by atoms with van der Waals surface area (Å²) in [5, 5.41) is 13.9. The summed E-state index contributed by atoms with van der Waals surface area (Å²) in [5.74, 6) is 0. The predicted octanol–water partition coefficient (Wildman–Crippen LogP) is 3.03. The molecule has 0 radical (unpaired) electrons. The fourth-order valence-electron chi connectivity index (χ4n) is 2.22. The van der Waals surface area contributed by atoms with Gasteiger partial charge in [-0.2, -0.15) is 0 Å². The number of nitrogens with zero attached hydrogens (tertiary/aromatic N) is 3. The maximum Gasteiger partial charge on any atom is 0.0868 e. The Morgan fingerprint density at radius 2 is 2.05 bits per heavy atom. The van der Waals surface area contributed by atoms with Gasteiger partial charge in [-0.1, -0.05) is 36.4 Å². The lowest BCUT2D eigenvalue weighted by atomic mass is 10.1. The third-order valence-corrected chi connectivity index (χ3v) is 4.05. The van der Waals surface area contributed by atoms with E-state index in [1.165, 1.54) is 4.88 Å². The first-order chi connectivity index (χ1) is 9.90. The van der Waals surface area contributed by atoms with Gasteiger partial charge in [0.2, 0.25) is 0 Å². The minimum atomic E-state index is 0.121. The van der Waals surface area contributed by atoms with Crippen LogP contribution >= 0.6 is 11.3 Å². The zero-order valence-corrected chi connectivity index (χ0v) is 12.0. The van der Waals surface area contributed by atoms with E-state index in [2.05, 4.69) is 40.1 Å². The number of aromatic nitrogens is 3. The highest BCUT2D eigenvalue weighted by atomic mass is 32.1. The van der Waals surface area contributed by atoms with Crippen LogP contribution in [0.15, 0.2) is 54.0 Å². The largest absolute Gasteiger partial charge is 0.305 e. The standard InChI is InChI=1S/C15H16N4S/c1-2-16-15(14-9-6-10-20-14)13-11-17-18-19(13)12-7-4-3-5-8-12/h3-11,15-16H,2H2,1H3. The van der Waals surface area contributed by atoms with E-state index in [4.69, 9.17) is 0 Å². The molecule has 0 bridgehead atoms. The number of nitrogens with one attached hydrogen (secondary N) is 1. The molecule has 3 aromatic rings. The summed E-state index contributed by atoms with van der Waals surface area (Å²) in [6, 6.07) is 14.4. The molecular weight excluding hydrogens is 268 g/mol. The number of rotatable bonds is 5. The number of benzene rings is 1. The molecular formula is C15H16N4S. The van der Waals surface area contributed by atoms with Gasteiger partial charge < -0.3 is 5.32 Å². The minimum absolute atomic E-state index is 0.121. The highest BCUT2D eigenvalue weighted by Gasteiger charge is 2.19. The molecule has 0 saturated heterocycles. The van der Waals surface area contributed by atoms with Crippen molar-refractivity contribution >= 4 is 11.3 Å². The second kappa shape index (κ2) is 5.98. The molecule has 2 aromatic heterocycles. The van der Waals surface area contributed by atoms with Crippen molar-refractivity contribution in [1.29, 1.82) is 0 Å². The smallest absolute Gasteiger partial charge is 0.0868 e. The van der Waals surface area contributed by atoms with E-state index in [9.17, 15) is 0 Å². The van der Waals surface area contributed by atoms with E-state index in [0.29, 0.717) is 0 Å². The molecule has 0 fully saturated rings. The van der Waals surface area contributed by atoms with Crippen molar-refractivity contribution in [2.75, 3.05) is 6.54 Å². The molecule has 0 saturated carbocycles. The molecule has 102 valence electrons. The second-order valence-corrected chi connectivity index (χ2v) is 5.39. The highest BCUT2D eigenvalue weighted by molar-refractivity contribution is 7.10. The summed E-state index contributed by atoms with van der Waals surface area (Å²) in [7, 11) is 0. The molecule has 0 aliphatic rings. The lowest BCUT2D eigenvalue weighted by Crippen LogP contribution is -2.23. The summed E-state index contributed by atoms with van der Waals surface area (Å²) < 4.78 is 1.90. The molecule has 1 N–H and O–H groups in total. The Kier molecular flexibility index (Phi) is 3.90. The maximum atomic E-state index is 4.23. The van der Waals surface area contributed by atoms with Crippen molar-refractivity contribution in [2.45, 2.75) is 13.0 Å². The first kappa shape index (κ1) is 13.0. The molecule has 1 atom stereocenters. The number of thiophene rings is 1. The van der Waals surface area contributed by atoms with Crippen molar-refractivity contribution in [2.24, 2.45) is 0 Å². The lowest BCUT2D eigenvalue weighted by Gasteiger charge is -2.17. The van der Waals surface area contributed by atoms with Gasteiger partial charge in [0.25, 0.3) is 0 Å². The Labute approximate surface area is 122 Å². The third-order valence-electron chi connectivity index (χ3n) is 3.11. The van der Waals surface area contributed by atoms with Crippen LogP contribution in [0.25, 0.3) is 5.69 Å². The van der Waals surface area contributed by atoms with Crippen LogP contribution in [0.4, 0.5) is 0 Å². The summed E-state index contributed by atoms with van der Waals surface area (Å²) in [4.78, 5) is 1.27. The molecule has 1 aromatic carbocycles. The van der Waals surface area contributed by atoms with Crippen LogP contribution in [-0.2, 0) is 0 Å². The normalized spacial score (nSPS) is 12.4. The Bertz CT molecular complexity index is 646. The van der Waals surface area contributed by atoms with Gasteiger partial charge in [-0.15, -0.1) is 16.4 Å². The van der Waals surface area contributed by atoms with Crippen molar-refractivity contribution < 1.29 is 0 Å². The molecule has 20 heavy (non-hydrogen) atoms. The van der Waals surface area contributed by atoms with E-state index < -0.39 is 0 Å². The molecule has 3 rings (SSSR count). The Balaban J connectivity index is 2.03. The van der Waals surface area contributed by atoms with Crippen LogP contribution in [-0.4, -0.2) is 21.5 Å². The SMILES string of the molecule is CCNC(c1cccs1)c1cnnn1-c1ccccc1. The first-order valence-electron chi connectivity index (χ1n) is 6.63. The van der Waals surface area contributed by atoms with Gasteiger partial charge in [0.15, 0.2) is 0 Å². The van der Waals surface area contributed by atoms with Gasteiger partial charge in [0, 0.05) is 4.88 Å². The average molecular weight is 284 g/mol. The zero-order valence-electron chi connectivity index (χ0n) is 11.2. The molecule has 2 heterocycles. The first-order valence-corrected chi connectivity index (χ1v) is 7.51. The number of para-hydroxylation sites is 1. The lowest BCUT2D eigenvalue weighted by molar-refractivity contribution is 0.599. The molecule has 0 aliphatic heterocycles. The van der Waals surface area contributed by atoms with Crippen LogP contribution in [0.3, 0.4) is 0 Å². The van der Waals surface area contributed by atoms with Gasteiger partial charge >= 0.3 is 0 Å². The maximum absolute atomic E-state index is 4.23. The van der Waals surface area contributed by atoms with Gasteiger partial charge in [0.1, 0.15) is 0 Å². The molecule has 4 nitrogen and oxygen atoms in total. The Hall–Kier alpha value is -1.98. The van der Waals surface area contributed by atoms with Crippen molar-refractivity contribution in [3.8, 4) is 5.69 Å². The quantitative estimate of drug-likeness (QED) is 0.783. The fourth-order valence-corrected chi connectivity index (χ4v) is 3.03. The summed E-state index contributed by atoms with van der Waals surface area (Å²) in [5.41, 5.74) is 2.08. The zero-order chi connectivity index (χ0) is 13.8. The average Bonchev–Trinajstić information content (AvgIpc) is 3.17. The van der Waals surface area contributed by atoms with Gasteiger partial charge in [-0.25, -0.2) is 4.68 Å². The second-order valence-electron chi connectivity index (χ2n) is 4.41. The molecule has 5 heteroatoms. The van der Waals surface area contributed by atoms with E-state index >= 15 is 0 Å². The van der Waals surface area contributed by atoms with Crippen molar-refractivity contribution in [1.82, 2.24) is 20.3 Å². The third kappa shape index (κ3) is 2.50. The number of hydrogen-bond donors (Lipinski definition) is 1. The minimum Gasteiger partial charge on any atom is -0.305 e. The fraction of sp³-hybridized carbons (Fsp3) is 0.200. The Morgan fingerprint density at radius 1 is 1.20 bits per heavy atom. The summed E-state index contributed by atoms with van der Waals surface area (Å²) in [6.45, 7) is 3.00. The molecule has 0 spiro atoms. The molecule has 1 unspecified atom stereocenters. The van der Waals surface area contributed by atoms with Gasteiger partial charge in [-0.3, -0.25) is 0 Å². The van der Waals surface area contributed by atoms with E-state index in [1.807, 2.05) is 41.2 Å². The van der Waals surface area contributed by atoms with E-state index in [0.717, 1.165) is 17.9 Å². The summed E-state index contributed by atoms with van der Waals surface area (Å²) >= 11 is 1.74. The van der Waals surface area contributed by atoms with Crippen LogP contribution in [0, 0.1) is 0 Å². The predicted molar refractivity (Wildman–Crippen MR) is 81.2 cm³/mol.